The molecule has 1 amide bonds. The van der Waals surface area contributed by atoms with Crippen LogP contribution in [0.2, 0.25) is 0 Å². The summed E-state index contributed by atoms with van der Waals surface area (Å²) in [6.07, 6.45) is 2.18. The highest BCUT2D eigenvalue weighted by atomic mass is 32.1. The van der Waals surface area contributed by atoms with Gasteiger partial charge >= 0.3 is 0 Å². The van der Waals surface area contributed by atoms with Gasteiger partial charge in [0, 0.05) is 29.0 Å². The maximum Gasteiger partial charge on any atom is 0.273 e. The summed E-state index contributed by atoms with van der Waals surface area (Å²) in [5.74, 6) is 0.796. The molecule has 0 N–H and O–H groups in total. The summed E-state index contributed by atoms with van der Waals surface area (Å²) in [4.78, 5) is 20.9. The van der Waals surface area contributed by atoms with Gasteiger partial charge in [0.25, 0.3) is 5.91 Å². The first-order valence-electron chi connectivity index (χ1n) is 9.85. The van der Waals surface area contributed by atoms with E-state index in [0.29, 0.717) is 25.4 Å². The molecule has 0 radical (unpaired) electrons. The zero-order valence-electron chi connectivity index (χ0n) is 16.4. The summed E-state index contributed by atoms with van der Waals surface area (Å²) in [5.41, 5.74) is 1.48. The monoisotopic (exact) mass is 428 g/mol. The first-order valence-corrected chi connectivity index (χ1v) is 11.6. The first-order chi connectivity index (χ1) is 14.2. The second-order valence-electron chi connectivity index (χ2n) is 6.90. The Morgan fingerprint density at radius 3 is 2.83 bits per heavy atom. The van der Waals surface area contributed by atoms with Crippen molar-refractivity contribution < 1.29 is 14.3 Å². The van der Waals surface area contributed by atoms with Gasteiger partial charge in [0.05, 0.1) is 19.3 Å². The van der Waals surface area contributed by atoms with Gasteiger partial charge in [-0.1, -0.05) is 6.07 Å². The number of nitrogens with zero attached hydrogens (tertiary/aromatic N) is 2. The van der Waals surface area contributed by atoms with E-state index in [9.17, 15) is 4.79 Å². The summed E-state index contributed by atoms with van der Waals surface area (Å²) in [5, 5.41) is 4.73. The minimum atomic E-state index is -0.0395. The number of thiophene rings is 1. The molecule has 1 aromatic carbocycles. The van der Waals surface area contributed by atoms with E-state index < -0.39 is 0 Å². The highest BCUT2D eigenvalue weighted by Gasteiger charge is 2.25. The molecule has 0 aliphatic carbocycles. The Bertz CT molecular complexity index is 916. The van der Waals surface area contributed by atoms with Gasteiger partial charge in [0.1, 0.15) is 16.5 Å². The van der Waals surface area contributed by atoms with Crippen LogP contribution in [0.15, 0.2) is 47.2 Å². The summed E-state index contributed by atoms with van der Waals surface area (Å²) in [7, 11) is 0. The molecule has 29 heavy (non-hydrogen) atoms. The molecule has 7 heteroatoms. The van der Waals surface area contributed by atoms with Crippen molar-refractivity contribution in [1.29, 1.82) is 0 Å². The van der Waals surface area contributed by atoms with Crippen LogP contribution in [0.4, 0.5) is 0 Å². The molecule has 3 aromatic rings. The highest BCUT2D eigenvalue weighted by molar-refractivity contribution is 7.13. The highest BCUT2D eigenvalue weighted by Crippen LogP contribution is 2.27. The smallest absolute Gasteiger partial charge is 0.273 e. The van der Waals surface area contributed by atoms with Gasteiger partial charge in [0.2, 0.25) is 0 Å². The Hall–Kier alpha value is -2.22. The third-order valence-corrected chi connectivity index (χ3v) is 6.55. The zero-order valence-corrected chi connectivity index (χ0v) is 18.0. The van der Waals surface area contributed by atoms with Crippen molar-refractivity contribution in [1.82, 2.24) is 9.88 Å². The second-order valence-corrected chi connectivity index (χ2v) is 8.79. The van der Waals surface area contributed by atoms with E-state index >= 15 is 0 Å². The standard InChI is InChI=1S/C22H24N2O3S2/c1-2-26-17-9-7-16(8-10-17)21-23-20(15-29-21)22(25)24(13-18-5-3-11-27-18)14-19-6-4-12-28-19/h4,6-10,12,15,18H,2-3,5,11,13-14H2,1H3. The van der Waals surface area contributed by atoms with Crippen molar-refractivity contribution in [2.75, 3.05) is 19.8 Å². The zero-order chi connectivity index (χ0) is 20.1. The van der Waals surface area contributed by atoms with Crippen LogP contribution in [0.3, 0.4) is 0 Å². The molecule has 1 aliphatic heterocycles. The lowest BCUT2D eigenvalue weighted by atomic mass is 10.2. The van der Waals surface area contributed by atoms with Crippen LogP contribution in [0, 0.1) is 0 Å². The molecule has 1 aliphatic rings. The molecule has 1 atom stereocenters. The van der Waals surface area contributed by atoms with Crippen LogP contribution in [-0.4, -0.2) is 41.7 Å². The lowest BCUT2D eigenvalue weighted by Crippen LogP contribution is -2.36. The first kappa shape index (κ1) is 20.1. The van der Waals surface area contributed by atoms with Crippen molar-refractivity contribution in [3.05, 3.63) is 57.7 Å². The minimum absolute atomic E-state index is 0.0395. The number of carbonyl (C=O) groups excluding carboxylic acids is 1. The number of amides is 1. The second kappa shape index (κ2) is 9.52. The fourth-order valence-electron chi connectivity index (χ4n) is 3.37. The van der Waals surface area contributed by atoms with Gasteiger partial charge in [-0.25, -0.2) is 4.98 Å². The summed E-state index contributed by atoms with van der Waals surface area (Å²) in [6.45, 7) is 4.58. The number of ether oxygens (including phenoxy) is 2. The molecule has 0 spiro atoms. The van der Waals surface area contributed by atoms with Crippen LogP contribution in [0.25, 0.3) is 10.6 Å². The van der Waals surface area contributed by atoms with Crippen molar-refractivity contribution in [2.24, 2.45) is 0 Å². The van der Waals surface area contributed by atoms with Crippen LogP contribution >= 0.6 is 22.7 Å². The Morgan fingerprint density at radius 1 is 1.28 bits per heavy atom. The lowest BCUT2D eigenvalue weighted by molar-refractivity contribution is 0.0506. The molecule has 1 saturated heterocycles. The Balaban J connectivity index is 1.50. The van der Waals surface area contributed by atoms with Gasteiger partial charge in [-0.15, -0.1) is 22.7 Å². The number of thiazole rings is 1. The van der Waals surface area contributed by atoms with Crippen LogP contribution in [0.1, 0.15) is 35.1 Å². The molecular formula is C22H24N2O3S2. The van der Waals surface area contributed by atoms with Crippen molar-refractivity contribution in [2.45, 2.75) is 32.4 Å². The van der Waals surface area contributed by atoms with Gasteiger partial charge < -0.3 is 14.4 Å². The molecule has 1 fully saturated rings. The lowest BCUT2D eigenvalue weighted by Gasteiger charge is -2.24. The van der Waals surface area contributed by atoms with Crippen molar-refractivity contribution in [3.8, 4) is 16.3 Å². The quantitative estimate of drug-likeness (QED) is 0.501. The van der Waals surface area contributed by atoms with E-state index in [1.165, 1.54) is 16.2 Å². The largest absolute Gasteiger partial charge is 0.494 e. The number of benzene rings is 1. The summed E-state index contributed by atoms with van der Waals surface area (Å²) in [6, 6.07) is 11.9. The van der Waals surface area contributed by atoms with E-state index in [0.717, 1.165) is 35.8 Å². The number of rotatable bonds is 8. The topological polar surface area (TPSA) is 51.7 Å². The number of aromatic nitrogens is 1. The third-order valence-electron chi connectivity index (χ3n) is 4.80. The third kappa shape index (κ3) is 5.04. The Morgan fingerprint density at radius 2 is 2.14 bits per heavy atom. The van der Waals surface area contributed by atoms with E-state index in [-0.39, 0.29) is 12.0 Å². The molecule has 2 aromatic heterocycles. The molecule has 152 valence electrons. The van der Waals surface area contributed by atoms with E-state index in [2.05, 4.69) is 11.1 Å². The fraction of sp³-hybridized carbons (Fsp3) is 0.364. The Kier molecular flexibility index (Phi) is 6.59. The molecule has 0 saturated carbocycles. The average molecular weight is 429 g/mol. The van der Waals surface area contributed by atoms with Crippen LogP contribution in [0.5, 0.6) is 5.75 Å². The predicted molar refractivity (Wildman–Crippen MR) is 117 cm³/mol. The van der Waals surface area contributed by atoms with Gasteiger partial charge in [0.15, 0.2) is 0 Å². The number of hydrogen-bond acceptors (Lipinski definition) is 6. The molecule has 1 unspecified atom stereocenters. The average Bonchev–Trinajstić information content (AvgIpc) is 3.51. The van der Waals surface area contributed by atoms with Crippen molar-refractivity contribution >= 4 is 28.6 Å². The van der Waals surface area contributed by atoms with E-state index in [1.807, 2.05) is 52.9 Å². The summed E-state index contributed by atoms with van der Waals surface area (Å²) < 4.78 is 11.3. The van der Waals surface area contributed by atoms with Crippen LogP contribution in [-0.2, 0) is 11.3 Å². The van der Waals surface area contributed by atoms with E-state index in [1.54, 1.807) is 11.3 Å². The molecular weight excluding hydrogens is 404 g/mol. The number of hydrogen-bond donors (Lipinski definition) is 0. The maximum atomic E-state index is 13.2. The SMILES string of the molecule is CCOc1ccc(-c2nc(C(=O)N(Cc3cccs3)CC3CCCO3)cs2)cc1. The molecule has 5 nitrogen and oxygen atoms in total. The predicted octanol–water partition coefficient (Wildman–Crippen LogP) is 5.09. The fourth-order valence-corrected chi connectivity index (χ4v) is 4.89. The molecule has 0 bridgehead atoms. The van der Waals surface area contributed by atoms with E-state index in [4.69, 9.17) is 9.47 Å². The number of carbonyl (C=O) groups is 1. The van der Waals surface area contributed by atoms with Gasteiger partial charge in [-0.2, -0.15) is 0 Å². The molecule has 4 rings (SSSR count). The maximum absolute atomic E-state index is 13.2. The normalized spacial score (nSPS) is 16.1. The van der Waals surface area contributed by atoms with Gasteiger partial charge in [-0.05, 0) is 55.5 Å². The Labute approximate surface area is 178 Å². The molecule has 3 heterocycles. The van der Waals surface area contributed by atoms with Crippen LogP contribution < -0.4 is 4.74 Å². The minimum Gasteiger partial charge on any atom is -0.494 e. The van der Waals surface area contributed by atoms with Crippen molar-refractivity contribution in [3.63, 3.8) is 0 Å². The summed E-state index contributed by atoms with van der Waals surface area (Å²) >= 11 is 3.15. The van der Waals surface area contributed by atoms with Gasteiger partial charge in [-0.3, -0.25) is 4.79 Å².